The van der Waals surface area contributed by atoms with Gasteiger partial charge in [0, 0.05) is 18.0 Å². The molecule has 0 aromatic carbocycles. The molecule has 1 aromatic heterocycles. The van der Waals surface area contributed by atoms with Gasteiger partial charge in [0.05, 0.1) is 17.1 Å². The first-order valence-electron chi connectivity index (χ1n) is 7.43. The fraction of sp³-hybridized carbons (Fsp3) is 0.533. The number of nitrogens with zero attached hydrogens (tertiary/aromatic N) is 2. The molecule has 0 radical (unpaired) electrons. The van der Waals surface area contributed by atoms with Crippen molar-refractivity contribution >= 4 is 38.9 Å². The van der Waals surface area contributed by atoms with Gasteiger partial charge in [-0.15, -0.1) is 17.9 Å². The number of rotatable bonds is 6. The number of amides is 1. The maximum Gasteiger partial charge on any atom is 0.241 e. The Morgan fingerprint density at radius 1 is 1.52 bits per heavy atom. The molecule has 0 aliphatic carbocycles. The van der Waals surface area contributed by atoms with E-state index in [2.05, 4.69) is 6.58 Å². The zero-order chi connectivity index (χ0) is 17.0. The number of carbonyl (C=O) groups is 1. The topological polar surface area (TPSA) is 57.7 Å². The van der Waals surface area contributed by atoms with Crippen molar-refractivity contribution in [3.8, 4) is 0 Å². The van der Waals surface area contributed by atoms with Gasteiger partial charge < -0.3 is 4.90 Å². The van der Waals surface area contributed by atoms with E-state index in [-0.39, 0.29) is 5.91 Å². The number of carbonyl (C=O) groups excluding carboxylic acids is 1. The normalized spacial score (nSPS) is 19.5. The quantitative estimate of drug-likeness (QED) is 0.717. The van der Waals surface area contributed by atoms with E-state index in [0.29, 0.717) is 30.4 Å². The van der Waals surface area contributed by atoms with Crippen molar-refractivity contribution in [3.63, 3.8) is 0 Å². The average molecular weight is 377 g/mol. The van der Waals surface area contributed by atoms with Crippen LogP contribution in [0.1, 0.15) is 24.1 Å². The molecule has 23 heavy (non-hydrogen) atoms. The summed E-state index contributed by atoms with van der Waals surface area (Å²) in [6.07, 6.45) is 5.02. The predicted molar refractivity (Wildman–Crippen MR) is 94.1 cm³/mol. The molecular weight excluding hydrogens is 356 g/mol. The molecule has 0 spiro atoms. The van der Waals surface area contributed by atoms with Crippen LogP contribution in [0.2, 0.25) is 4.34 Å². The van der Waals surface area contributed by atoms with Crippen LogP contribution in [0.15, 0.2) is 24.8 Å². The standard InChI is InChI=1S/C15H21ClN2O3S2/c1-3-9-17(11-12-7-8-14(16)22-12)15(19)13-6-4-5-10-18(13)23(2,20)21/h3,7-8,13H,1,4-6,9-11H2,2H3. The predicted octanol–water partition coefficient (Wildman–Crippen LogP) is 2.73. The lowest BCUT2D eigenvalue weighted by Gasteiger charge is -2.35. The second kappa shape index (κ2) is 7.79. The van der Waals surface area contributed by atoms with Crippen LogP contribution in [0.3, 0.4) is 0 Å². The molecule has 1 atom stereocenters. The van der Waals surface area contributed by atoms with Gasteiger partial charge in [0.25, 0.3) is 0 Å². The van der Waals surface area contributed by atoms with Crippen LogP contribution < -0.4 is 0 Å². The summed E-state index contributed by atoms with van der Waals surface area (Å²) >= 11 is 7.36. The van der Waals surface area contributed by atoms with E-state index in [4.69, 9.17) is 11.6 Å². The molecule has 1 unspecified atom stereocenters. The largest absolute Gasteiger partial charge is 0.332 e. The van der Waals surface area contributed by atoms with Crippen molar-refractivity contribution in [2.75, 3.05) is 19.3 Å². The van der Waals surface area contributed by atoms with Gasteiger partial charge in [-0.05, 0) is 25.0 Å². The third kappa shape index (κ3) is 4.79. The summed E-state index contributed by atoms with van der Waals surface area (Å²) in [4.78, 5) is 15.5. The lowest BCUT2D eigenvalue weighted by molar-refractivity contribution is -0.136. The highest BCUT2D eigenvalue weighted by Gasteiger charge is 2.36. The van der Waals surface area contributed by atoms with E-state index in [1.54, 1.807) is 17.0 Å². The van der Waals surface area contributed by atoms with Crippen molar-refractivity contribution in [1.29, 1.82) is 0 Å². The van der Waals surface area contributed by atoms with E-state index in [1.807, 2.05) is 6.07 Å². The minimum absolute atomic E-state index is 0.167. The summed E-state index contributed by atoms with van der Waals surface area (Å²) in [5.74, 6) is -0.167. The first-order valence-corrected chi connectivity index (χ1v) is 10.5. The van der Waals surface area contributed by atoms with Crippen LogP contribution in [0, 0.1) is 0 Å². The summed E-state index contributed by atoms with van der Waals surface area (Å²) in [6, 6.07) is 3.06. The first kappa shape index (κ1) is 18.4. The highest BCUT2D eigenvalue weighted by Crippen LogP contribution is 2.25. The van der Waals surface area contributed by atoms with E-state index in [1.165, 1.54) is 15.6 Å². The first-order chi connectivity index (χ1) is 10.8. The monoisotopic (exact) mass is 376 g/mol. The maximum absolute atomic E-state index is 12.9. The number of hydrogen-bond donors (Lipinski definition) is 0. The van der Waals surface area contributed by atoms with Crippen molar-refractivity contribution < 1.29 is 13.2 Å². The van der Waals surface area contributed by atoms with Gasteiger partial charge in [-0.25, -0.2) is 8.42 Å². The maximum atomic E-state index is 12.9. The Morgan fingerprint density at radius 2 is 2.26 bits per heavy atom. The zero-order valence-corrected chi connectivity index (χ0v) is 15.5. The Bertz CT molecular complexity index is 672. The van der Waals surface area contributed by atoms with Gasteiger partial charge in [0.2, 0.25) is 15.9 Å². The Kier molecular flexibility index (Phi) is 6.25. The molecule has 0 saturated carbocycles. The molecule has 5 nitrogen and oxygen atoms in total. The molecule has 2 rings (SSSR count). The zero-order valence-electron chi connectivity index (χ0n) is 13.1. The van der Waals surface area contributed by atoms with Crippen LogP contribution in [0.4, 0.5) is 0 Å². The number of sulfonamides is 1. The van der Waals surface area contributed by atoms with Gasteiger partial charge in [-0.1, -0.05) is 24.1 Å². The molecule has 1 amide bonds. The Labute approximate surface area is 146 Å². The van der Waals surface area contributed by atoms with Gasteiger partial charge >= 0.3 is 0 Å². The molecule has 0 bridgehead atoms. The molecule has 128 valence electrons. The summed E-state index contributed by atoms with van der Waals surface area (Å²) in [5, 5.41) is 0. The van der Waals surface area contributed by atoms with E-state index >= 15 is 0 Å². The highest BCUT2D eigenvalue weighted by molar-refractivity contribution is 7.88. The lowest BCUT2D eigenvalue weighted by atomic mass is 10.0. The Morgan fingerprint density at radius 3 is 2.83 bits per heavy atom. The molecule has 1 fully saturated rings. The minimum atomic E-state index is -3.40. The summed E-state index contributed by atoms with van der Waals surface area (Å²) < 4.78 is 25.9. The summed E-state index contributed by atoms with van der Waals surface area (Å²) in [6.45, 7) is 4.89. The van der Waals surface area contributed by atoms with Gasteiger partial charge in [0.1, 0.15) is 6.04 Å². The van der Waals surface area contributed by atoms with Gasteiger partial charge in [-0.2, -0.15) is 4.31 Å². The molecule has 1 aliphatic heterocycles. The van der Waals surface area contributed by atoms with Gasteiger partial charge in [-0.3, -0.25) is 4.79 Å². The highest BCUT2D eigenvalue weighted by atomic mass is 35.5. The second-order valence-electron chi connectivity index (χ2n) is 5.60. The SMILES string of the molecule is C=CCN(Cc1ccc(Cl)s1)C(=O)C1CCCCN1S(C)(=O)=O. The lowest BCUT2D eigenvalue weighted by Crippen LogP contribution is -2.52. The Balaban J connectivity index is 2.19. The molecule has 1 aliphatic rings. The van der Waals surface area contributed by atoms with Crippen molar-refractivity contribution in [1.82, 2.24) is 9.21 Å². The van der Waals surface area contributed by atoms with E-state index < -0.39 is 16.1 Å². The molecule has 1 aromatic rings. The number of piperidine rings is 1. The van der Waals surface area contributed by atoms with Crippen molar-refractivity contribution in [3.05, 3.63) is 34.0 Å². The van der Waals surface area contributed by atoms with Crippen molar-refractivity contribution in [2.45, 2.75) is 31.8 Å². The van der Waals surface area contributed by atoms with Crippen LogP contribution in [-0.4, -0.2) is 48.9 Å². The van der Waals surface area contributed by atoms with Crippen LogP contribution in [-0.2, 0) is 21.4 Å². The number of halogens is 1. The van der Waals surface area contributed by atoms with E-state index in [9.17, 15) is 13.2 Å². The van der Waals surface area contributed by atoms with Crippen molar-refractivity contribution in [2.24, 2.45) is 0 Å². The fourth-order valence-corrected chi connectivity index (χ4v) is 4.99. The van der Waals surface area contributed by atoms with Crippen LogP contribution in [0.5, 0.6) is 0 Å². The average Bonchev–Trinajstić information content (AvgIpc) is 2.90. The van der Waals surface area contributed by atoms with Crippen LogP contribution in [0.25, 0.3) is 0 Å². The Hall–Kier alpha value is -0.890. The smallest absolute Gasteiger partial charge is 0.241 e. The second-order valence-corrected chi connectivity index (χ2v) is 9.33. The van der Waals surface area contributed by atoms with E-state index in [0.717, 1.165) is 24.0 Å². The van der Waals surface area contributed by atoms with Crippen LogP contribution >= 0.6 is 22.9 Å². The molecule has 1 saturated heterocycles. The molecule has 8 heteroatoms. The third-order valence-corrected chi connectivity index (χ3v) is 6.31. The number of hydrogen-bond acceptors (Lipinski definition) is 4. The molecular formula is C15H21ClN2O3S2. The summed E-state index contributed by atoms with van der Waals surface area (Å²) in [7, 11) is -3.40. The third-order valence-electron chi connectivity index (χ3n) is 3.80. The fourth-order valence-electron chi connectivity index (χ4n) is 2.77. The number of thiophene rings is 1. The molecule has 2 heterocycles. The molecule has 0 N–H and O–H groups in total. The minimum Gasteiger partial charge on any atom is -0.332 e. The van der Waals surface area contributed by atoms with Gasteiger partial charge in [0.15, 0.2) is 0 Å². The summed E-state index contributed by atoms with van der Waals surface area (Å²) in [5.41, 5.74) is 0.